The fraction of sp³-hybridized carbons (Fsp3) is 0.0714. The Morgan fingerprint density at radius 1 is 1.24 bits per heavy atom. The Balaban J connectivity index is 2.08. The lowest BCUT2D eigenvalue weighted by Gasteiger charge is -2.11. The Morgan fingerprint density at radius 3 is 2.86 bits per heavy atom. The van der Waals surface area contributed by atoms with Crippen LogP contribution in [-0.4, -0.2) is 18.6 Å². The summed E-state index contributed by atoms with van der Waals surface area (Å²) < 4.78 is 28.5. The molecular weight excluding hydrogens is 354 g/mol. The second-order valence-corrected chi connectivity index (χ2v) is 7.22. The lowest BCUT2D eigenvalue weighted by molar-refractivity contribution is 0.600. The van der Waals surface area contributed by atoms with Crippen LogP contribution >= 0.6 is 15.9 Å². The number of fused-ring (bicyclic) bond motifs is 1. The molecule has 0 saturated carbocycles. The number of aryl methyl sites for hydroxylation is 1. The van der Waals surface area contributed by atoms with Crippen LogP contribution in [0.4, 0.5) is 5.69 Å². The van der Waals surface area contributed by atoms with Crippen molar-refractivity contribution < 1.29 is 8.42 Å². The zero-order chi connectivity index (χ0) is 15.0. The molecule has 3 rings (SSSR count). The van der Waals surface area contributed by atoms with Crippen molar-refractivity contribution >= 4 is 42.5 Å². The number of aromatic nitrogens is 2. The quantitative estimate of drug-likeness (QED) is 0.746. The van der Waals surface area contributed by atoms with Gasteiger partial charge in [0, 0.05) is 9.86 Å². The number of benzene rings is 2. The van der Waals surface area contributed by atoms with Crippen LogP contribution in [0.5, 0.6) is 0 Å². The minimum Gasteiger partial charge on any atom is -0.277 e. The van der Waals surface area contributed by atoms with Crippen LogP contribution in [0, 0.1) is 6.92 Å². The number of H-pyrrole nitrogens is 1. The summed E-state index contributed by atoms with van der Waals surface area (Å²) in [5.74, 6) is 0. The van der Waals surface area contributed by atoms with E-state index in [9.17, 15) is 8.42 Å². The first-order chi connectivity index (χ1) is 9.97. The molecule has 1 heterocycles. The lowest BCUT2D eigenvalue weighted by atomic mass is 10.2. The highest BCUT2D eigenvalue weighted by Gasteiger charge is 2.18. The molecule has 0 amide bonds. The predicted molar refractivity (Wildman–Crippen MR) is 85.8 cm³/mol. The van der Waals surface area contributed by atoms with Gasteiger partial charge in [-0.3, -0.25) is 9.82 Å². The smallest absolute Gasteiger partial charge is 0.262 e. The summed E-state index contributed by atoms with van der Waals surface area (Å²) >= 11 is 3.30. The summed E-state index contributed by atoms with van der Waals surface area (Å²) in [5.41, 5.74) is 1.82. The highest BCUT2D eigenvalue weighted by Crippen LogP contribution is 2.26. The molecule has 0 saturated heterocycles. The Labute approximate surface area is 130 Å². The van der Waals surface area contributed by atoms with E-state index >= 15 is 0 Å². The van der Waals surface area contributed by atoms with Gasteiger partial charge in [-0.1, -0.05) is 34.1 Å². The molecule has 2 aromatic carbocycles. The highest BCUT2D eigenvalue weighted by atomic mass is 79.9. The van der Waals surface area contributed by atoms with E-state index in [1.165, 1.54) is 0 Å². The average molecular weight is 366 g/mol. The van der Waals surface area contributed by atoms with E-state index in [0.29, 0.717) is 21.2 Å². The van der Waals surface area contributed by atoms with Gasteiger partial charge >= 0.3 is 0 Å². The standard InChI is InChI=1S/C14H12BrN3O2S/c1-9-5-6-11(15)7-13(9)21(19,20)18-12-4-2-3-10-8-16-17-14(10)12/h2-8,18H,1H3,(H,16,17). The van der Waals surface area contributed by atoms with Crippen molar-refractivity contribution in [2.45, 2.75) is 11.8 Å². The summed E-state index contributed by atoms with van der Waals surface area (Å²) in [6.07, 6.45) is 1.65. The minimum atomic E-state index is -3.66. The van der Waals surface area contributed by atoms with Crippen LogP contribution in [0.2, 0.25) is 0 Å². The zero-order valence-corrected chi connectivity index (χ0v) is 13.5. The molecule has 0 unspecified atom stereocenters. The molecule has 0 atom stereocenters. The number of anilines is 1. The number of nitrogens with zero attached hydrogens (tertiary/aromatic N) is 1. The average Bonchev–Trinajstić information content (AvgIpc) is 2.90. The molecule has 0 radical (unpaired) electrons. The molecule has 0 aliphatic carbocycles. The summed E-state index contributed by atoms with van der Waals surface area (Å²) in [6, 6.07) is 10.5. The summed E-state index contributed by atoms with van der Waals surface area (Å²) in [4.78, 5) is 0.244. The van der Waals surface area contributed by atoms with Crippen molar-refractivity contribution in [3.63, 3.8) is 0 Å². The molecule has 0 aliphatic heterocycles. The van der Waals surface area contributed by atoms with Crippen LogP contribution in [0.15, 0.2) is 52.0 Å². The van der Waals surface area contributed by atoms with Crippen LogP contribution in [0.3, 0.4) is 0 Å². The van der Waals surface area contributed by atoms with Crippen molar-refractivity contribution in [3.05, 3.63) is 52.6 Å². The summed E-state index contributed by atoms with van der Waals surface area (Å²) in [6.45, 7) is 1.76. The molecule has 7 heteroatoms. The van der Waals surface area contributed by atoms with Gasteiger partial charge < -0.3 is 0 Å². The van der Waals surface area contributed by atoms with Gasteiger partial charge in [-0.05, 0) is 30.7 Å². The van der Waals surface area contributed by atoms with Crippen molar-refractivity contribution in [1.82, 2.24) is 10.2 Å². The monoisotopic (exact) mass is 365 g/mol. The minimum absolute atomic E-state index is 0.244. The largest absolute Gasteiger partial charge is 0.277 e. The maximum atomic E-state index is 12.6. The van der Waals surface area contributed by atoms with E-state index in [-0.39, 0.29) is 4.90 Å². The van der Waals surface area contributed by atoms with Crippen LogP contribution in [0.1, 0.15) is 5.56 Å². The molecule has 0 aliphatic rings. The first-order valence-corrected chi connectivity index (χ1v) is 8.46. The van der Waals surface area contributed by atoms with Gasteiger partial charge in [-0.2, -0.15) is 5.10 Å². The second kappa shape index (κ2) is 5.16. The Bertz CT molecular complexity index is 919. The molecule has 5 nitrogen and oxygen atoms in total. The summed E-state index contributed by atoms with van der Waals surface area (Å²) in [5, 5.41) is 7.58. The third-order valence-corrected chi connectivity index (χ3v) is 5.16. The number of para-hydroxylation sites is 1. The van der Waals surface area contributed by atoms with E-state index in [1.807, 2.05) is 12.1 Å². The molecule has 1 aromatic heterocycles. The third kappa shape index (κ3) is 2.66. The molecule has 2 N–H and O–H groups in total. The Hall–Kier alpha value is -1.86. The van der Waals surface area contributed by atoms with Crippen LogP contribution in [0.25, 0.3) is 10.9 Å². The third-order valence-electron chi connectivity index (χ3n) is 3.16. The van der Waals surface area contributed by atoms with Crippen LogP contribution in [-0.2, 0) is 10.0 Å². The van der Waals surface area contributed by atoms with E-state index in [1.54, 1.807) is 37.4 Å². The van der Waals surface area contributed by atoms with Gasteiger partial charge in [0.2, 0.25) is 0 Å². The number of hydrogen-bond donors (Lipinski definition) is 2. The number of hydrogen-bond acceptors (Lipinski definition) is 3. The maximum Gasteiger partial charge on any atom is 0.262 e. The highest BCUT2D eigenvalue weighted by molar-refractivity contribution is 9.10. The predicted octanol–water partition coefficient (Wildman–Crippen LogP) is 3.43. The normalized spacial score (nSPS) is 11.7. The maximum absolute atomic E-state index is 12.6. The van der Waals surface area contributed by atoms with Crippen molar-refractivity contribution in [1.29, 1.82) is 0 Å². The van der Waals surface area contributed by atoms with E-state index in [0.717, 1.165) is 5.39 Å². The summed E-state index contributed by atoms with van der Waals surface area (Å²) in [7, 11) is -3.66. The topological polar surface area (TPSA) is 74.8 Å². The van der Waals surface area contributed by atoms with Gasteiger partial charge in [0.1, 0.15) is 0 Å². The van der Waals surface area contributed by atoms with Gasteiger partial charge in [0.15, 0.2) is 0 Å². The molecule has 21 heavy (non-hydrogen) atoms. The van der Waals surface area contributed by atoms with Gasteiger partial charge in [0.05, 0.1) is 22.3 Å². The number of nitrogens with one attached hydrogen (secondary N) is 2. The van der Waals surface area contributed by atoms with Gasteiger partial charge in [-0.15, -0.1) is 0 Å². The van der Waals surface area contributed by atoms with Gasteiger partial charge in [0.25, 0.3) is 10.0 Å². The van der Waals surface area contributed by atoms with E-state index in [2.05, 4.69) is 30.8 Å². The first-order valence-electron chi connectivity index (χ1n) is 6.18. The molecule has 3 aromatic rings. The number of halogens is 1. The SMILES string of the molecule is Cc1ccc(Br)cc1S(=O)(=O)Nc1cccc2cn[nH]c12. The van der Waals surface area contributed by atoms with Crippen LogP contribution < -0.4 is 4.72 Å². The Morgan fingerprint density at radius 2 is 2.05 bits per heavy atom. The molecule has 0 bridgehead atoms. The molecule has 0 fully saturated rings. The number of sulfonamides is 1. The number of rotatable bonds is 3. The fourth-order valence-corrected chi connectivity index (χ4v) is 3.97. The first kappa shape index (κ1) is 14.1. The van der Waals surface area contributed by atoms with Crippen molar-refractivity contribution in [2.24, 2.45) is 0 Å². The lowest BCUT2D eigenvalue weighted by Crippen LogP contribution is -2.14. The van der Waals surface area contributed by atoms with Crippen molar-refractivity contribution in [3.8, 4) is 0 Å². The molecule has 0 spiro atoms. The number of aromatic amines is 1. The van der Waals surface area contributed by atoms with E-state index < -0.39 is 10.0 Å². The van der Waals surface area contributed by atoms with Gasteiger partial charge in [-0.25, -0.2) is 8.42 Å². The van der Waals surface area contributed by atoms with E-state index in [4.69, 9.17) is 0 Å². The van der Waals surface area contributed by atoms with Crippen molar-refractivity contribution in [2.75, 3.05) is 4.72 Å². The Kier molecular flexibility index (Phi) is 3.46. The zero-order valence-electron chi connectivity index (χ0n) is 11.1. The fourth-order valence-electron chi connectivity index (χ4n) is 2.12. The second-order valence-electron chi connectivity index (χ2n) is 4.66. The molecule has 108 valence electrons. The molecular formula is C14H12BrN3O2S.